The Balaban J connectivity index is 1.86. The average Bonchev–Trinajstić information content (AvgIpc) is 2.84. The molecule has 0 saturated heterocycles. The van der Waals surface area contributed by atoms with Gasteiger partial charge in [0.1, 0.15) is 12.4 Å². The van der Waals surface area contributed by atoms with E-state index in [0.717, 1.165) is 9.79 Å². The molecule has 3 aromatic rings. The van der Waals surface area contributed by atoms with Crippen LogP contribution < -0.4 is 14.2 Å². The van der Waals surface area contributed by atoms with E-state index >= 15 is 0 Å². The Morgan fingerprint density at radius 2 is 1.51 bits per heavy atom. The lowest BCUT2D eigenvalue weighted by molar-refractivity contribution is -0.136. The van der Waals surface area contributed by atoms with Gasteiger partial charge in [0.2, 0.25) is 9.84 Å². The van der Waals surface area contributed by atoms with E-state index < -0.39 is 15.8 Å². The Morgan fingerprint density at radius 1 is 0.829 bits per heavy atom. The number of carboxylic acid groups (broad SMARTS) is 1. The number of hydrogen-bond donors (Lipinski definition) is 1. The zero-order valence-electron chi connectivity index (χ0n) is 19.5. The molecule has 1 N–H and O–H groups in total. The highest BCUT2D eigenvalue weighted by Gasteiger charge is 2.20. The Morgan fingerprint density at radius 3 is 2.14 bits per heavy atom. The van der Waals surface area contributed by atoms with Crippen LogP contribution in [0, 0.1) is 0 Å². The zero-order valence-corrected chi connectivity index (χ0v) is 21.1. The number of methoxy groups -OCH3 is 3. The normalized spacial score (nSPS) is 11.2. The zero-order chi connectivity index (χ0) is 25.4. The largest absolute Gasteiger partial charge is 0.493 e. The standard InChI is InChI=1S/C25H26O8S2/c1-30-10-11-33-18-12-17(14-25(26)27)13-22(15-18)35(28,29)21-7-4-19(5-8-21)34-20-6-9-23(31-2)24(16-20)32-3/h4-9,12-13,15-16H,10-11,14H2,1-3H3,(H,26,27). The van der Waals surface area contributed by atoms with Gasteiger partial charge in [-0.25, -0.2) is 8.42 Å². The molecule has 0 aromatic heterocycles. The molecule has 3 rings (SSSR count). The SMILES string of the molecule is COCCOc1cc(CC(=O)O)cc(S(=O)(=O)c2ccc(Sc3ccc(OC)c(OC)c3)cc2)c1. The molecular weight excluding hydrogens is 492 g/mol. The summed E-state index contributed by atoms with van der Waals surface area (Å²) in [5.41, 5.74) is 0.326. The fraction of sp³-hybridized carbons (Fsp3) is 0.240. The van der Waals surface area contributed by atoms with Crippen molar-refractivity contribution in [2.75, 3.05) is 34.5 Å². The molecule has 3 aromatic carbocycles. The lowest BCUT2D eigenvalue weighted by Gasteiger charge is -2.12. The van der Waals surface area contributed by atoms with E-state index in [9.17, 15) is 13.2 Å². The molecule has 0 atom stereocenters. The minimum absolute atomic E-state index is 0.0380. The van der Waals surface area contributed by atoms with Gasteiger partial charge in [0.25, 0.3) is 0 Å². The summed E-state index contributed by atoms with van der Waals surface area (Å²) >= 11 is 1.45. The summed E-state index contributed by atoms with van der Waals surface area (Å²) in [6.45, 7) is 0.513. The first-order valence-electron chi connectivity index (χ1n) is 10.5. The van der Waals surface area contributed by atoms with Crippen molar-refractivity contribution in [1.29, 1.82) is 0 Å². The van der Waals surface area contributed by atoms with Crippen LogP contribution in [0.2, 0.25) is 0 Å². The highest BCUT2D eigenvalue weighted by Crippen LogP contribution is 2.36. The highest BCUT2D eigenvalue weighted by atomic mass is 32.2. The minimum atomic E-state index is -3.91. The van der Waals surface area contributed by atoms with Crippen LogP contribution in [0.25, 0.3) is 0 Å². The van der Waals surface area contributed by atoms with E-state index in [4.69, 9.17) is 24.1 Å². The van der Waals surface area contributed by atoms with Crippen molar-refractivity contribution < 1.29 is 37.3 Å². The quantitative estimate of drug-likeness (QED) is 0.350. The van der Waals surface area contributed by atoms with Gasteiger partial charge in [-0.3, -0.25) is 4.79 Å². The van der Waals surface area contributed by atoms with Crippen LogP contribution in [0.15, 0.2) is 80.2 Å². The fourth-order valence-corrected chi connectivity index (χ4v) is 5.42. The fourth-order valence-electron chi connectivity index (χ4n) is 3.23. The maximum atomic E-state index is 13.3. The summed E-state index contributed by atoms with van der Waals surface area (Å²) in [4.78, 5) is 13.0. The molecule has 0 unspecified atom stereocenters. The van der Waals surface area contributed by atoms with Gasteiger partial charge < -0.3 is 24.1 Å². The molecule has 10 heteroatoms. The van der Waals surface area contributed by atoms with Gasteiger partial charge in [-0.1, -0.05) is 11.8 Å². The monoisotopic (exact) mass is 518 g/mol. The molecule has 0 heterocycles. The summed E-state index contributed by atoms with van der Waals surface area (Å²) in [6, 6.07) is 16.3. The van der Waals surface area contributed by atoms with Crippen LogP contribution in [-0.2, 0) is 25.8 Å². The predicted octanol–water partition coefficient (Wildman–Crippen LogP) is 4.34. The molecule has 0 aliphatic heterocycles. The molecule has 0 radical (unpaired) electrons. The van der Waals surface area contributed by atoms with Crippen molar-refractivity contribution in [1.82, 2.24) is 0 Å². The summed E-state index contributed by atoms with van der Waals surface area (Å²) in [6.07, 6.45) is -0.328. The van der Waals surface area contributed by atoms with Gasteiger partial charge in [0, 0.05) is 16.9 Å². The van der Waals surface area contributed by atoms with Crippen molar-refractivity contribution in [3.63, 3.8) is 0 Å². The second-order valence-electron chi connectivity index (χ2n) is 7.32. The van der Waals surface area contributed by atoms with Crippen LogP contribution in [0.5, 0.6) is 17.2 Å². The Bertz CT molecular complexity index is 1270. The number of carboxylic acids is 1. The number of sulfone groups is 1. The first kappa shape index (κ1) is 26.4. The van der Waals surface area contributed by atoms with E-state index in [1.165, 1.54) is 49.2 Å². The van der Waals surface area contributed by atoms with Gasteiger partial charge in [-0.05, 0) is 66.2 Å². The number of ether oxygens (including phenoxy) is 4. The lowest BCUT2D eigenvalue weighted by atomic mass is 10.1. The molecule has 0 fully saturated rings. The summed E-state index contributed by atoms with van der Waals surface area (Å²) in [5.74, 6) is 0.411. The maximum absolute atomic E-state index is 13.3. The molecule has 8 nitrogen and oxygen atoms in total. The first-order valence-corrected chi connectivity index (χ1v) is 12.8. The second kappa shape index (κ2) is 12.0. The van der Waals surface area contributed by atoms with Crippen LogP contribution in [0.4, 0.5) is 0 Å². The molecule has 0 bridgehead atoms. The molecule has 0 aliphatic carbocycles. The summed E-state index contributed by atoms with van der Waals surface area (Å²) in [7, 11) is 0.738. The topological polar surface area (TPSA) is 108 Å². The van der Waals surface area contributed by atoms with Gasteiger partial charge >= 0.3 is 5.97 Å². The van der Waals surface area contributed by atoms with Crippen molar-refractivity contribution in [2.24, 2.45) is 0 Å². The summed E-state index contributed by atoms with van der Waals surface area (Å²) < 4.78 is 47.7. The van der Waals surface area contributed by atoms with Crippen molar-refractivity contribution in [2.45, 2.75) is 26.0 Å². The van der Waals surface area contributed by atoms with E-state index in [1.54, 1.807) is 32.4 Å². The van der Waals surface area contributed by atoms with Gasteiger partial charge in [0.05, 0.1) is 37.0 Å². The van der Waals surface area contributed by atoms with E-state index in [2.05, 4.69) is 0 Å². The van der Waals surface area contributed by atoms with Crippen molar-refractivity contribution in [3.8, 4) is 17.2 Å². The summed E-state index contributed by atoms with van der Waals surface area (Å²) in [5, 5.41) is 9.17. The molecule has 0 spiro atoms. The Hall–Kier alpha value is -3.21. The lowest BCUT2D eigenvalue weighted by Crippen LogP contribution is -2.08. The van der Waals surface area contributed by atoms with E-state index in [0.29, 0.717) is 23.7 Å². The maximum Gasteiger partial charge on any atom is 0.307 e. The first-order chi connectivity index (χ1) is 16.8. The molecular formula is C25H26O8S2. The van der Waals surface area contributed by atoms with Crippen LogP contribution in [0.3, 0.4) is 0 Å². The van der Waals surface area contributed by atoms with Gasteiger partial charge in [0.15, 0.2) is 11.5 Å². The third-order valence-corrected chi connectivity index (χ3v) is 7.63. The molecule has 0 aliphatic rings. The number of aliphatic carboxylic acids is 1. The third kappa shape index (κ3) is 6.91. The van der Waals surface area contributed by atoms with E-state index in [-0.39, 0.29) is 28.6 Å². The predicted molar refractivity (Wildman–Crippen MR) is 131 cm³/mol. The average molecular weight is 519 g/mol. The second-order valence-corrected chi connectivity index (χ2v) is 10.4. The molecule has 186 valence electrons. The van der Waals surface area contributed by atoms with Crippen LogP contribution in [-0.4, -0.2) is 54.0 Å². The van der Waals surface area contributed by atoms with E-state index in [1.807, 2.05) is 12.1 Å². The Kier molecular flexibility index (Phi) is 9.02. The molecule has 0 saturated carbocycles. The number of hydrogen-bond acceptors (Lipinski definition) is 8. The third-order valence-electron chi connectivity index (χ3n) is 4.89. The molecule has 35 heavy (non-hydrogen) atoms. The number of carbonyl (C=O) groups is 1. The van der Waals surface area contributed by atoms with Gasteiger partial charge in [-0.2, -0.15) is 0 Å². The van der Waals surface area contributed by atoms with Crippen molar-refractivity contribution in [3.05, 3.63) is 66.2 Å². The minimum Gasteiger partial charge on any atom is -0.493 e. The van der Waals surface area contributed by atoms with Crippen LogP contribution >= 0.6 is 11.8 Å². The van der Waals surface area contributed by atoms with Crippen LogP contribution in [0.1, 0.15) is 5.56 Å². The highest BCUT2D eigenvalue weighted by molar-refractivity contribution is 7.99. The Labute approximate surface area is 208 Å². The number of benzene rings is 3. The smallest absolute Gasteiger partial charge is 0.307 e. The number of rotatable bonds is 12. The van der Waals surface area contributed by atoms with Gasteiger partial charge in [-0.15, -0.1) is 0 Å². The molecule has 0 amide bonds. The van der Waals surface area contributed by atoms with Crippen molar-refractivity contribution >= 4 is 27.6 Å².